The highest BCUT2D eigenvalue weighted by molar-refractivity contribution is 5.79. The van der Waals surface area contributed by atoms with Gasteiger partial charge in [-0.3, -0.25) is 4.98 Å². The molecule has 0 saturated heterocycles. The first-order chi connectivity index (χ1) is 8.74. The van der Waals surface area contributed by atoms with Gasteiger partial charge < -0.3 is 5.73 Å². The molecule has 3 atom stereocenters. The Morgan fingerprint density at radius 2 is 2.17 bits per heavy atom. The molecule has 3 rings (SSSR count). The lowest BCUT2D eigenvalue weighted by molar-refractivity contribution is 0.429. The lowest BCUT2D eigenvalue weighted by Gasteiger charge is -2.20. The Morgan fingerprint density at radius 1 is 1.28 bits per heavy atom. The number of nitrogens with zero attached hydrogens (tertiary/aromatic N) is 1. The van der Waals surface area contributed by atoms with Gasteiger partial charge in [0.25, 0.3) is 0 Å². The second-order valence-corrected chi connectivity index (χ2v) is 5.66. The Labute approximate surface area is 108 Å². The third kappa shape index (κ3) is 2.13. The first-order valence-corrected chi connectivity index (χ1v) is 6.84. The van der Waals surface area contributed by atoms with Gasteiger partial charge in [0.1, 0.15) is 0 Å². The number of pyridine rings is 1. The monoisotopic (exact) mass is 240 g/mol. The second kappa shape index (κ2) is 4.69. The van der Waals surface area contributed by atoms with Crippen molar-refractivity contribution in [3.63, 3.8) is 0 Å². The molecule has 2 aromatic rings. The van der Waals surface area contributed by atoms with Crippen molar-refractivity contribution >= 4 is 10.9 Å². The Bertz CT molecular complexity index is 550. The molecule has 1 aromatic carbocycles. The number of hydrogen-bond acceptors (Lipinski definition) is 2. The van der Waals surface area contributed by atoms with Gasteiger partial charge in [-0.25, -0.2) is 0 Å². The molecule has 1 fully saturated rings. The highest BCUT2D eigenvalue weighted by Gasteiger charge is 2.27. The van der Waals surface area contributed by atoms with E-state index in [-0.39, 0.29) is 6.04 Å². The van der Waals surface area contributed by atoms with Crippen LogP contribution in [0.1, 0.15) is 37.8 Å². The van der Waals surface area contributed by atoms with Crippen molar-refractivity contribution < 1.29 is 0 Å². The van der Waals surface area contributed by atoms with Crippen molar-refractivity contribution in [3.8, 4) is 0 Å². The maximum atomic E-state index is 6.43. The van der Waals surface area contributed by atoms with Gasteiger partial charge in [0, 0.05) is 17.6 Å². The third-order valence-electron chi connectivity index (χ3n) is 4.26. The van der Waals surface area contributed by atoms with Crippen LogP contribution in [-0.2, 0) is 0 Å². The standard InChI is InChI=1S/C16H20N2/c1-11-4-5-13(9-11)16(17)14-6-7-15-12(10-14)3-2-8-18-15/h2-3,6-8,10-11,13,16H,4-5,9,17H2,1H3. The molecular weight excluding hydrogens is 220 g/mol. The van der Waals surface area contributed by atoms with Crippen LogP contribution in [0.5, 0.6) is 0 Å². The summed E-state index contributed by atoms with van der Waals surface area (Å²) in [6.07, 6.45) is 5.70. The molecule has 1 saturated carbocycles. The molecule has 1 aliphatic carbocycles. The van der Waals surface area contributed by atoms with Gasteiger partial charge in [-0.05, 0) is 48.4 Å². The van der Waals surface area contributed by atoms with Crippen LogP contribution in [0.25, 0.3) is 10.9 Å². The molecular formula is C16H20N2. The van der Waals surface area contributed by atoms with Crippen LogP contribution in [-0.4, -0.2) is 4.98 Å². The van der Waals surface area contributed by atoms with E-state index in [0.29, 0.717) is 5.92 Å². The smallest absolute Gasteiger partial charge is 0.0702 e. The number of fused-ring (bicyclic) bond motifs is 1. The molecule has 1 heterocycles. The molecule has 1 aliphatic rings. The summed E-state index contributed by atoms with van der Waals surface area (Å²) in [6, 6.07) is 10.7. The van der Waals surface area contributed by atoms with Crippen molar-refractivity contribution in [1.82, 2.24) is 4.98 Å². The molecule has 2 N–H and O–H groups in total. The Morgan fingerprint density at radius 3 is 2.94 bits per heavy atom. The molecule has 0 bridgehead atoms. The van der Waals surface area contributed by atoms with Crippen LogP contribution in [0, 0.1) is 11.8 Å². The zero-order chi connectivity index (χ0) is 12.5. The average molecular weight is 240 g/mol. The van der Waals surface area contributed by atoms with E-state index in [1.54, 1.807) is 0 Å². The van der Waals surface area contributed by atoms with Gasteiger partial charge in [-0.1, -0.05) is 25.5 Å². The van der Waals surface area contributed by atoms with E-state index < -0.39 is 0 Å². The van der Waals surface area contributed by atoms with Crippen LogP contribution in [0.15, 0.2) is 36.5 Å². The predicted octanol–water partition coefficient (Wildman–Crippen LogP) is 3.67. The summed E-state index contributed by atoms with van der Waals surface area (Å²) in [5.41, 5.74) is 8.74. The average Bonchev–Trinajstić information content (AvgIpc) is 2.84. The first kappa shape index (κ1) is 11.7. The Kier molecular flexibility index (Phi) is 3.04. The fourth-order valence-corrected chi connectivity index (χ4v) is 3.15. The highest BCUT2D eigenvalue weighted by atomic mass is 14.7. The van der Waals surface area contributed by atoms with Gasteiger partial charge in [0.15, 0.2) is 0 Å². The fraction of sp³-hybridized carbons (Fsp3) is 0.438. The van der Waals surface area contributed by atoms with Crippen LogP contribution in [0.2, 0.25) is 0 Å². The third-order valence-corrected chi connectivity index (χ3v) is 4.26. The molecule has 1 aromatic heterocycles. The number of rotatable bonds is 2. The van der Waals surface area contributed by atoms with Crippen molar-refractivity contribution in [2.24, 2.45) is 17.6 Å². The van der Waals surface area contributed by atoms with E-state index in [1.165, 1.54) is 30.2 Å². The van der Waals surface area contributed by atoms with Gasteiger partial charge in [0.2, 0.25) is 0 Å². The van der Waals surface area contributed by atoms with Crippen LogP contribution in [0.3, 0.4) is 0 Å². The molecule has 2 nitrogen and oxygen atoms in total. The van der Waals surface area contributed by atoms with Gasteiger partial charge >= 0.3 is 0 Å². The summed E-state index contributed by atoms with van der Waals surface area (Å²) in [4.78, 5) is 4.35. The number of nitrogens with two attached hydrogens (primary N) is 1. The summed E-state index contributed by atoms with van der Waals surface area (Å²) in [7, 11) is 0. The van der Waals surface area contributed by atoms with Gasteiger partial charge in [-0.15, -0.1) is 0 Å². The predicted molar refractivity (Wildman–Crippen MR) is 75.2 cm³/mol. The van der Waals surface area contributed by atoms with Crippen molar-refractivity contribution in [2.45, 2.75) is 32.2 Å². The minimum absolute atomic E-state index is 0.180. The molecule has 0 radical (unpaired) electrons. The highest BCUT2D eigenvalue weighted by Crippen LogP contribution is 2.38. The first-order valence-electron chi connectivity index (χ1n) is 6.84. The lowest BCUT2D eigenvalue weighted by atomic mass is 9.91. The molecule has 94 valence electrons. The van der Waals surface area contributed by atoms with Crippen LogP contribution in [0.4, 0.5) is 0 Å². The minimum Gasteiger partial charge on any atom is -0.324 e. The summed E-state index contributed by atoms with van der Waals surface area (Å²) in [5, 5.41) is 1.19. The van der Waals surface area contributed by atoms with E-state index >= 15 is 0 Å². The molecule has 0 amide bonds. The van der Waals surface area contributed by atoms with E-state index in [9.17, 15) is 0 Å². The van der Waals surface area contributed by atoms with E-state index in [0.717, 1.165) is 11.4 Å². The lowest BCUT2D eigenvalue weighted by Crippen LogP contribution is -2.19. The normalized spacial score (nSPS) is 25.4. The van der Waals surface area contributed by atoms with Crippen LogP contribution >= 0.6 is 0 Å². The Balaban J connectivity index is 1.89. The fourth-order valence-electron chi connectivity index (χ4n) is 3.15. The zero-order valence-electron chi connectivity index (χ0n) is 10.8. The minimum atomic E-state index is 0.180. The van der Waals surface area contributed by atoms with Gasteiger partial charge in [0.05, 0.1) is 5.52 Å². The zero-order valence-corrected chi connectivity index (χ0v) is 10.8. The maximum Gasteiger partial charge on any atom is 0.0702 e. The Hall–Kier alpha value is -1.41. The summed E-state index contributed by atoms with van der Waals surface area (Å²) in [5.74, 6) is 1.48. The molecule has 2 heteroatoms. The van der Waals surface area contributed by atoms with Crippen molar-refractivity contribution in [1.29, 1.82) is 0 Å². The maximum absolute atomic E-state index is 6.43. The van der Waals surface area contributed by atoms with E-state index in [1.807, 2.05) is 12.3 Å². The van der Waals surface area contributed by atoms with Crippen LogP contribution < -0.4 is 5.73 Å². The summed E-state index contributed by atoms with van der Waals surface area (Å²) < 4.78 is 0. The SMILES string of the molecule is CC1CCC(C(N)c2ccc3ncccc3c2)C1. The molecule has 0 aliphatic heterocycles. The van der Waals surface area contributed by atoms with E-state index in [4.69, 9.17) is 5.73 Å². The summed E-state index contributed by atoms with van der Waals surface area (Å²) >= 11 is 0. The number of aromatic nitrogens is 1. The molecule has 18 heavy (non-hydrogen) atoms. The largest absolute Gasteiger partial charge is 0.324 e. The second-order valence-electron chi connectivity index (χ2n) is 5.66. The van der Waals surface area contributed by atoms with E-state index in [2.05, 4.69) is 36.2 Å². The quantitative estimate of drug-likeness (QED) is 0.869. The topological polar surface area (TPSA) is 38.9 Å². The molecule has 3 unspecified atom stereocenters. The number of benzene rings is 1. The van der Waals surface area contributed by atoms with Crippen molar-refractivity contribution in [3.05, 3.63) is 42.1 Å². The van der Waals surface area contributed by atoms with Gasteiger partial charge in [-0.2, -0.15) is 0 Å². The number of hydrogen-bond donors (Lipinski definition) is 1. The summed E-state index contributed by atoms with van der Waals surface area (Å²) in [6.45, 7) is 2.33. The van der Waals surface area contributed by atoms with Crippen molar-refractivity contribution in [2.75, 3.05) is 0 Å². The molecule has 0 spiro atoms.